The van der Waals surface area contributed by atoms with Crippen molar-refractivity contribution in [3.63, 3.8) is 0 Å². The molecule has 0 aromatic heterocycles. The van der Waals surface area contributed by atoms with Crippen molar-refractivity contribution in [3.8, 4) is 12.1 Å². The second kappa shape index (κ2) is 4.87. The van der Waals surface area contributed by atoms with Gasteiger partial charge in [-0.2, -0.15) is 10.5 Å². The molecule has 0 amide bonds. The fourth-order valence-corrected chi connectivity index (χ4v) is 3.08. The third kappa shape index (κ3) is 1.80. The Bertz CT molecular complexity index is 736. The molecule has 1 heterocycles. The molecule has 0 saturated carbocycles. The predicted molar refractivity (Wildman–Crippen MR) is 79.2 cm³/mol. The molecular formula is C17H15N3. The Balaban J connectivity index is 2.15. The standard InChI is InChI=1S/C17H15N3/c1-12-13(10-18)8-9-20(12)17-7-6-14(11-19)15-4-2-3-5-16(15)17/h2-7,12-13H,8-9H2,1H3/t12-,13+/m0/s1. The summed E-state index contributed by atoms with van der Waals surface area (Å²) in [7, 11) is 0. The Morgan fingerprint density at radius 3 is 2.50 bits per heavy atom. The summed E-state index contributed by atoms with van der Waals surface area (Å²) in [5.41, 5.74) is 1.83. The van der Waals surface area contributed by atoms with Gasteiger partial charge in [0.05, 0.1) is 23.6 Å². The van der Waals surface area contributed by atoms with Crippen molar-refractivity contribution in [2.24, 2.45) is 5.92 Å². The third-order valence-electron chi connectivity index (χ3n) is 4.25. The van der Waals surface area contributed by atoms with Crippen molar-refractivity contribution in [1.82, 2.24) is 0 Å². The maximum Gasteiger partial charge on any atom is 0.0998 e. The van der Waals surface area contributed by atoms with E-state index in [1.54, 1.807) is 0 Å². The molecule has 2 aromatic carbocycles. The normalized spacial score (nSPS) is 21.6. The van der Waals surface area contributed by atoms with Gasteiger partial charge in [0.1, 0.15) is 0 Å². The van der Waals surface area contributed by atoms with Crippen molar-refractivity contribution < 1.29 is 0 Å². The number of benzene rings is 2. The summed E-state index contributed by atoms with van der Waals surface area (Å²) in [5.74, 6) is 0.0874. The molecule has 3 nitrogen and oxygen atoms in total. The van der Waals surface area contributed by atoms with Crippen LogP contribution in [0.3, 0.4) is 0 Å². The van der Waals surface area contributed by atoms with Gasteiger partial charge in [-0.05, 0) is 25.5 Å². The van der Waals surface area contributed by atoms with E-state index in [1.165, 1.54) is 0 Å². The molecule has 2 aromatic rings. The number of nitriles is 2. The maximum atomic E-state index is 9.22. The van der Waals surface area contributed by atoms with E-state index in [0.717, 1.165) is 29.4 Å². The Morgan fingerprint density at radius 1 is 1.10 bits per heavy atom. The highest BCUT2D eigenvalue weighted by Crippen LogP contribution is 2.35. The summed E-state index contributed by atoms with van der Waals surface area (Å²) in [4.78, 5) is 2.29. The van der Waals surface area contributed by atoms with Crippen LogP contribution in [0, 0.1) is 28.6 Å². The summed E-state index contributed by atoms with van der Waals surface area (Å²) in [5, 5.41) is 20.5. The number of fused-ring (bicyclic) bond motifs is 1. The van der Waals surface area contributed by atoms with Gasteiger partial charge >= 0.3 is 0 Å². The molecule has 0 bridgehead atoms. The van der Waals surface area contributed by atoms with Crippen molar-refractivity contribution in [2.45, 2.75) is 19.4 Å². The van der Waals surface area contributed by atoms with E-state index in [9.17, 15) is 10.5 Å². The Hall–Kier alpha value is -2.52. The molecule has 0 spiro atoms. The SMILES string of the molecule is C[C@H]1[C@@H](C#N)CCN1c1ccc(C#N)c2ccccc12. The summed E-state index contributed by atoms with van der Waals surface area (Å²) >= 11 is 0. The molecule has 3 heteroatoms. The number of anilines is 1. The zero-order chi connectivity index (χ0) is 14.1. The van der Waals surface area contributed by atoms with E-state index in [4.69, 9.17) is 0 Å². The largest absolute Gasteiger partial charge is 0.367 e. The smallest absolute Gasteiger partial charge is 0.0998 e. The van der Waals surface area contributed by atoms with Crippen LogP contribution in [0.15, 0.2) is 36.4 Å². The first-order valence-electron chi connectivity index (χ1n) is 6.84. The molecule has 0 N–H and O–H groups in total. The fourth-order valence-electron chi connectivity index (χ4n) is 3.08. The topological polar surface area (TPSA) is 50.8 Å². The summed E-state index contributed by atoms with van der Waals surface area (Å²) in [6.45, 7) is 3.00. The van der Waals surface area contributed by atoms with Crippen LogP contribution in [-0.4, -0.2) is 12.6 Å². The lowest BCUT2D eigenvalue weighted by atomic mass is 10.0. The highest BCUT2D eigenvalue weighted by atomic mass is 15.2. The van der Waals surface area contributed by atoms with E-state index >= 15 is 0 Å². The third-order valence-corrected chi connectivity index (χ3v) is 4.25. The minimum Gasteiger partial charge on any atom is -0.367 e. The van der Waals surface area contributed by atoms with E-state index < -0.39 is 0 Å². The van der Waals surface area contributed by atoms with Crippen molar-refractivity contribution in [3.05, 3.63) is 42.0 Å². The number of nitrogens with zero attached hydrogens (tertiary/aromatic N) is 3. The first-order chi connectivity index (χ1) is 9.76. The minimum atomic E-state index is 0.0874. The summed E-state index contributed by atoms with van der Waals surface area (Å²) < 4.78 is 0. The zero-order valence-electron chi connectivity index (χ0n) is 11.4. The lowest BCUT2D eigenvalue weighted by Gasteiger charge is -2.26. The first-order valence-corrected chi connectivity index (χ1v) is 6.84. The van der Waals surface area contributed by atoms with Crippen LogP contribution in [0.1, 0.15) is 18.9 Å². The average molecular weight is 261 g/mol. The molecule has 2 atom stereocenters. The van der Waals surface area contributed by atoms with Gasteiger partial charge in [0, 0.05) is 29.0 Å². The van der Waals surface area contributed by atoms with Crippen LogP contribution in [0.5, 0.6) is 0 Å². The van der Waals surface area contributed by atoms with Gasteiger partial charge in [-0.15, -0.1) is 0 Å². The van der Waals surface area contributed by atoms with Crippen LogP contribution in [0.25, 0.3) is 10.8 Å². The monoisotopic (exact) mass is 261 g/mol. The molecule has 1 aliphatic rings. The van der Waals surface area contributed by atoms with Crippen LogP contribution >= 0.6 is 0 Å². The van der Waals surface area contributed by atoms with Crippen LogP contribution in [0.2, 0.25) is 0 Å². The molecule has 20 heavy (non-hydrogen) atoms. The second-order valence-corrected chi connectivity index (χ2v) is 5.25. The minimum absolute atomic E-state index is 0.0874. The summed E-state index contributed by atoms with van der Waals surface area (Å²) in [6, 6.07) is 16.7. The van der Waals surface area contributed by atoms with Crippen molar-refractivity contribution in [2.75, 3.05) is 11.4 Å². The molecule has 3 rings (SSSR count). The lowest BCUT2D eigenvalue weighted by molar-refractivity contribution is 0.616. The molecule has 1 fully saturated rings. The molecule has 0 unspecified atom stereocenters. The molecule has 1 aliphatic heterocycles. The quantitative estimate of drug-likeness (QED) is 0.790. The zero-order valence-corrected chi connectivity index (χ0v) is 11.4. The second-order valence-electron chi connectivity index (χ2n) is 5.25. The number of hydrogen-bond acceptors (Lipinski definition) is 3. The Labute approximate surface area is 118 Å². The lowest BCUT2D eigenvalue weighted by Crippen LogP contribution is -2.29. The van der Waals surface area contributed by atoms with Gasteiger partial charge in [0.2, 0.25) is 0 Å². The predicted octanol–water partition coefficient (Wildman–Crippen LogP) is 3.45. The molecule has 0 radical (unpaired) electrons. The fraction of sp³-hybridized carbons (Fsp3) is 0.294. The van der Waals surface area contributed by atoms with Gasteiger partial charge < -0.3 is 4.90 Å². The highest BCUT2D eigenvalue weighted by Gasteiger charge is 2.31. The van der Waals surface area contributed by atoms with E-state index in [2.05, 4.69) is 30.0 Å². The van der Waals surface area contributed by atoms with Crippen molar-refractivity contribution in [1.29, 1.82) is 10.5 Å². The molecule has 1 saturated heterocycles. The number of rotatable bonds is 1. The van der Waals surface area contributed by atoms with Gasteiger partial charge in [-0.25, -0.2) is 0 Å². The van der Waals surface area contributed by atoms with E-state index in [1.807, 2.05) is 30.3 Å². The van der Waals surface area contributed by atoms with E-state index in [0.29, 0.717) is 5.56 Å². The highest BCUT2D eigenvalue weighted by molar-refractivity contribution is 5.98. The van der Waals surface area contributed by atoms with Gasteiger partial charge in [-0.1, -0.05) is 24.3 Å². The molecular weight excluding hydrogens is 246 g/mol. The molecule has 0 aliphatic carbocycles. The summed E-state index contributed by atoms with van der Waals surface area (Å²) in [6.07, 6.45) is 0.909. The van der Waals surface area contributed by atoms with Gasteiger partial charge in [0.25, 0.3) is 0 Å². The van der Waals surface area contributed by atoms with Crippen LogP contribution in [0.4, 0.5) is 5.69 Å². The van der Waals surface area contributed by atoms with Gasteiger partial charge in [0.15, 0.2) is 0 Å². The first kappa shape index (κ1) is 12.5. The average Bonchev–Trinajstić information content (AvgIpc) is 2.87. The van der Waals surface area contributed by atoms with Crippen LogP contribution < -0.4 is 4.90 Å². The Kier molecular flexibility index (Phi) is 3.05. The molecule has 98 valence electrons. The van der Waals surface area contributed by atoms with Crippen LogP contribution in [-0.2, 0) is 0 Å². The maximum absolute atomic E-state index is 9.22. The number of hydrogen-bond donors (Lipinski definition) is 0. The van der Waals surface area contributed by atoms with Crippen molar-refractivity contribution >= 4 is 16.5 Å². The Morgan fingerprint density at radius 2 is 1.85 bits per heavy atom. The van der Waals surface area contributed by atoms with E-state index in [-0.39, 0.29) is 12.0 Å². The van der Waals surface area contributed by atoms with Gasteiger partial charge in [-0.3, -0.25) is 0 Å².